The first kappa shape index (κ1) is 28.5. The predicted molar refractivity (Wildman–Crippen MR) is 164 cm³/mol. The topological polar surface area (TPSA) is 57.7 Å². The van der Waals surface area contributed by atoms with Crippen LogP contribution in [0.1, 0.15) is 68.6 Å². The first-order valence-corrected chi connectivity index (χ1v) is 16.3. The lowest BCUT2D eigenvalue weighted by molar-refractivity contribution is -0.133. The number of sulfonamides is 1. The number of amides is 1. The van der Waals surface area contributed by atoms with E-state index in [0.717, 1.165) is 22.9 Å². The van der Waals surface area contributed by atoms with Gasteiger partial charge in [-0.05, 0) is 64.8 Å². The Labute approximate surface area is 242 Å². The second-order valence-electron chi connectivity index (χ2n) is 11.7. The Bertz CT molecular complexity index is 1610. The van der Waals surface area contributed by atoms with E-state index >= 15 is 0 Å². The summed E-state index contributed by atoms with van der Waals surface area (Å²) >= 11 is 1.73. The highest BCUT2D eigenvalue weighted by molar-refractivity contribution is 7.89. The monoisotopic (exact) mass is 574 g/mol. The second-order valence-corrected chi connectivity index (χ2v) is 14.6. The normalized spacial score (nSPS) is 16.8. The highest BCUT2D eigenvalue weighted by Gasteiger charge is 2.37. The van der Waals surface area contributed by atoms with E-state index in [0.29, 0.717) is 18.4 Å². The van der Waals surface area contributed by atoms with Crippen molar-refractivity contribution in [1.82, 2.24) is 9.21 Å². The van der Waals surface area contributed by atoms with Gasteiger partial charge in [0.15, 0.2) is 0 Å². The van der Waals surface area contributed by atoms with Gasteiger partial charge in [-0.1, -0.05) is 88.4 Å². The summed E-state index contributed by atoms with van der Waals surface area (Å²) in [5, 5.41) is 3.62. The molecule has 1 aromatic heterocycles. The van der Waals surface area contributed by atoms with Crippen molar-refractivity contribution in [3.8, 4) is 0 Å². The summed E-state index contributed by atoms with van der Waals surface area (Å²) in [5.74, 6) is -0.175. The molecule has 0 saturated carbocycles. The first-order chi connectivity index (χ1) is 19.0. The van der Waals surface area contributed by atoms with Crippen molar-refractivity contribution < 1.29 is 13.2 Å². The molecule has 0 fully saturated rings. The number of carbonyl (C=O) groups is 1. The van der Waals surface area contributed by atoms with E-state index in [1.807, 2.05) is 49.1 Å². The largest absolute Gasteiger partial charge is 0.330 e. The van der Waals surface area contributed by atoms with Gasteiger partial charge in [-0.15, -0.1) is 11.3 Å². The third kappa shape index (κ3) is 5.35. The minimum absolute atomic E-state index is 0.0287. The van der Waals surface area contributed by atoms with Crippen LogP contribution in [0.3, 0.4) is 0 Å². The molecule has 0 saturated heterocycles. The Morgan fingerprint density at radius 1 is 1.02 bits per heavy atom. The molecular weight excluding hydrogens is 537 g/mol. The highest BCUT2D eigenvalue weighted by Crippen LogP contribution is 2.39. The molecular formula is C33H38N2O3S2. The molecule has 0 bridgehead atoms. The van der Waals surface area contributed by atoms with Crippen LogP contribution in [0.2, 0.25) is 0 Å². The van der Waals surface area contributed by atoms with E-state index in [1.165, 1.54) is 14.7 Å². The number of hydrogen-bond acceptors (Lipinski definition) is 4. The van der Waals surface area contributed by atoms with Gasteiger partial charge >= 0.3 is 0 Å². The maximum Gasteiger partial charge on any atom is 0.244 e. The van der Waals surface area contributed by atoms with E-state index in [-0.39, 0.29) is 34.8 Å². The van der Waals surface area contributed by atoms with Crippen molar-refractivity contribution in [2.75, 3.05) is 13.1 Å². The van der Waals surface area contributed by atoms with Gasteiger partial charge in [0.25, 0.3) is 0 Å². The zero-order valence-electron chi connectivity index (χ0n) is 23.9. The minimum Gasteiger partial charge on any atom is -0.330 e. The zero-order valence-corrected chi connectivity index (χ0v) is 25.6. The molecule has 7 heteroatoms. The Morgan fingerprint density at radius 3 is 2.42 bits per heavy atom. The van der Waals surface area contributed by atoms with Crippen molar-refractivity contribution in [2.24, 2.45) is 0 Å². The SMILES string of the molecule is CCC(C)N(CC(=O)N1CCc2sccc2C1c1ccc(C(C)(C)C)cc1)S(=O)(=O)c1cccc2ccccc12. The van der Waals surface area contributed by atoms with Crippen molar-refractivity contribution in [1.29, 1.82) is 0 Å². The van der Waals surface area contributed by atoms with Gasteiger partial charge in [0, 0.05) is 22.8 Å². The quantitative estimate of drug-likeness (QED) is 0.235. The van der Waals surface area contributed by atoms with Crippen molar-refractivity contribution in [3.63, 3.8) is 0 Å². The van der Waals surface area contributed by atoms with E-state index in [9.17, 15) is 13.2 Å². The summed E-state index contributed by atoms with van der Waals surface area (Å²) in [5.41, 5.74) is 3.45. The lowest BCUT2D eigenvalue weighted by Crippen LogP contribution is -2.49. The Kier molecular flexibility index (Phi) is 7.92. The zero-order chi connectivity index (χ0) is 28.7. The summed E-state index contributed by atoms with van der Waals surface area (Å²) < 4.78 is 29.7. The maximum atomic E-state index is 14.2. The minimum atomic E-state index is -3.94. The number of carbonyl (C=O) groups excluding carboxylic acids is 1. The predicted octanol–water partition coefficient (Wildman–Crippen LogP) is 7.16. The Hall–Kier alpha value is -3.00. The number of hydrogen-bond donors (Lipinski definition) is 0. The number of nitrogens with zero attached hydrogens (tertiary/aromatic N) is 2. The number of thiophene rings is 1. The molecule has 1 amide bonds. The molecule has 5 rings (SSSR count). The van der Waals surface area contributed by atoms with Crippen LogP contribution in [0.4, 0.5) is 0 Å². The fourth-order valence-corrected chi connectivity index (χ4v) is 8.34. The van der Waals surface area contributed by atoms with E-state index in [2.05, 4.69) is 56.5 Å². The molecule has 3 aromatic carbocycles. The van der Waals surface area contributed by atoms with E-state index in [1.54, 1.807) is 23.5 Å². The molecule has 1 aliphatic rings. The van der Waals surface area contributed by atoms with Crippen LogP contribution >= 0.6 is 11.3 Å². The third-order valence-electron chi connectivity index (χ3n) is 8.09. The first-order valence-electron chi connectivity index (χ1n) is 14.0. The van der Waals surface area contributed by atoms with Gasteiger partial charge in [0.1, 0.15) is 0 Å². The van der Waals surface area contributed by atoms with Crippen LogP contribution in [0, 0.1) is 0 Å². The molecule has 1 aliphatic heterocycles. The van der Waals surface area contributed by atoms with Crippen molar-refractivity contribution >= 4 is 38.0 Å². The summed E-state index contributed by atoms with van der Waals surface area (Å²) in [4.78, 5) is 17.5. The van der Waals surface area contributed by atoms with Crippen molar-refractivity contribution in [3.05, 3.63) is 99.7 Å². The average molecular weight is 575 g/mol. The van der Waals surface area contributed by atoms with Crippen LogP contribution in [0.15, 0.2) is 83.1 Å². The Morgan fingerprint density at radius 2 is 1.73 bits per heavy atom. The van der Waals surface area contributed by atoms with E-state index < -0.39 is 10.0 Å². The Balaban J connectivity index is 1.51. The number of rotatable bonds is 7. The van der Waals surface area contributed by atoms with Gasteiger partial charge in [0.05, 0.1) is 17.5 Å². The van der Waals surface area contributed by atoms with Gasteiger partial charge in [0.2, 0.25) is 15.9 Å². The third-order valence-corrected chi connectivity index (χ3v) is 11.1. The standard InChI is InChI=1S/C33H38N2O3S2/c1-6-23(2)35(40(37,38)30-13-9-11-24-10-7-8-12-27(24)30)22-31(36)34-20-18-29-28(19-21-39-29)32(34)25-14-16-26(17-15-25)33(3,4)5/h7-17,19,21,23,32H,6,18,20,22H2,1-5H3. The molecule has 2 heterocycles. The summed E-state index contributed by atoms with van der Waals surface area (Å²) in [6.07, 6.45) is 1.37. The molecule has 40 heavy (non-hydrogen) atoms. The molecule has 4 aromatic rings. The van der Waals surface area contributed by atoms with Crippen molar-refractivity contribution in [2.45, 2.75) is 69.9 Å². The lowest BCUT2D eigenvalue weighted by Gasteiger charge is -2.38. The lowest BCUT2D eigenvalue weighted by atomic mass is 9.85. The van der Waals surface area contributed by atoms with Crippen LogP contribution in [-0.2, 0) is 26.7 Å². The van der Waals surface area contributed by atoms with Gasteiger partial charge in [-0.2, -0.15) is 4.31 Å². The fourth-order valence-electron chi connectivity index (χ4n) is 5.56. The molecule has 5 nitrogen and oxygen atoms in total. The molecule has 0 spiro atoms. The second kappa shape index (κ2) is 11.1. The average Bonchev–Trinajstić information content (AvgIpc) is 3.43. The van der Waals surface area contributed by atoms with Crippen LogP contribution in [-0.4, -0.2) is 42.7 Å². The van der Waals surface area contributed by atoms with Crippen LogP contribution in [0.25, 0.3) is 10.8 Å². The smallest absolute Gasteiger partial charge is 0.244 e. The van der Waals surface area contributed by atoms with Crippen LogP contribution in [0.5, 0.6) is 0 Å². The summed E-state index contributed by atoms with van der Waals surface area (Å²) in [7, 11) is -3.94. The summed E-state index contributed by atoms with van der Waals surface area (Å²) in [6, 6.07) is 22.9. The highest BCUT2D eigenvalue weighted by atomic mass is 32.2. The van der Waals surface area contributed by atoms with Gasteiger partial charge < -0.3 is 4.90 Å². The molecule has 2 unspecified atom stereocenters. The number of benzene rings is 3. The van der Waals surface area contributed by atoms with E-state index in [4.69, 9.17) is 0 Å². The maximum absolute atomic E-state index is 14.2. The fraction of sp³-hybridized carbons (Fsp3) is 0.364. The molecule has 0 radical (unpaired) electrons. The van der Waals surface area contributed by atoms with Gasteiger partial charge in [-0.3, -0.25) is 4.79 Å². The summed E-state index contributed by atoms with van der Waals surface area (Å²) in [6.45, 7) is 10.8. The van der Waals surface area contributed by atoms with Gasteiger partial charge in [-0.25, -0.2) is 8.42 Å². The van der Waals surface area contributed by atoms with Crippen LogP contribution < -0.4 is 0 Å². The molecule has 0 aliphatic carbocycles. The molecule has 210 valence electrons. The molecule has 2 atom stereocenters. The molecule has 0 N–H and O–H groups in total. The number of fused-ring (bicyclic) bond motifs is 2.